The second-order valence-corrected chi connectivity index (χ2v) is 3.62. The van der Waals surface area contributed by atoms with Crippen LogP contribution in [0.15, 0.2) is 24.3 Å². The van der Waals surface area contributed by atoms with Gasteiger partial charge in [-0.25, -0.2) is 0 Å². The van der Waals surface area contributed by atoms with Crippen LogP contribution in [0.2, 0.25) is 0 Å². The first-order valence-electron chi connectivity index (χ1n) is 4.98. The zero-order valence-corrected chi connectivity index (χ0v) is 9.54. The van der Waals surface area contributed by atoms with E-state index < -0.39 is 17.8 Å². The lowest BCUT2D eigenvalue weighted by molar-refractivity contribution is -0.145. The molecule has 0 spiro atoms. The Morgan fingerprint density at radius 3 is 2.29 bits per heavy atom. The third-order valence-corrected chi connectivity index (χ3v) is 2.46. The molecule has 1 unspecified atom stereocenters. The highest BCUT2D eigenvalue weighted by molar-refractivity contribution is 6.05. The number of hydrogen-bond acceptors (Lipinski definition) is 3. The van der Waals surface area contributed by atoms with Crippen molar-refractivity contribution in [1.82, 2.24) is 0 Å². The predicted molar refractivity (Wildman–Crippen MR) is 61.4 cm³/mol. The molecule has 0 aromatic heterocycles. The van der Waals surface area contributed by atoms with E-state index in [4.69, 9.17) is 10.4 Å². The van der Waals surface area contributed by atoms with Crippen molar-refractivity contribution in [2.45, 2.75) is 6.92 Å². The molecule has 1 aromatic carbocycles. The standard InChI is InChI=1S/C12H12N2O3/c1-8(12(16)17)11(15)14(2)10-5-3-9(7-13)4-6-10/h3-6,8H,1-2H3,(H,16,17). The van der Waals surface area contributed by atoms with Crippen LogP contribution >= 0.6 is 0 Å². The molecule has 0 fully saturated rings. The molecule has 1 atom stereocenters. The highest BCUT2D eigenvalue weighted by Crippen LogP contribution is 2.15. The van der Waals surface area contributed by atoms with Gasteiger partial charge in [0.1, 0.15) is 5.92 Å². The van der Waals surface area contributed by atoms with Gasteiger partial charge >= 0.3 is 5.97 Å². The van der Waals surface area contributed by atoms with E-state index >= 15 is 0 Å². The molecule has 17 heavy (non-hydrogen) atoms. The summed E-state index contributed by atoms with van der Waals surface area (Å²) >= 11 is 0. The van der Waals surface area contributed by atoms with Crippen molar-refractivity contribution in [2.24, 2.45) is 5.92 Å². The van der Waals surface area contributed by atoms with Gasteiger partial charge in [0, 0.05) is 12.7 Å². The molecule has 0 aliphatic rings. The van der Waals surface area contributed by atoms with Gasteiger partial charge in [-0.05, 0) is 31.2 Å². The average Bonchev–Trinajstić information content (AvgIpc) is 2.36. The smallest absolute Gasteiger partial charge is 0.315 e. The lowest BCUT2D eigenvalue weighted by atomic mass is 10.1. The molecule has 1 amide bonds. The number of nitrogens with zero attached hydrogens (tertiary/aromatic N) is 2. The van der Waals surface area contributed by atoms with E-state index in [-0.39, 0.29) is 0 Å². The Morgan fingerprint density at radius 1 is 1.35 bits per heavy atom. The van der Waals surface area contributed by atoms with Gasteiger partial charge in [-0.1, -0.05) is 0 Å². The topological polar surface area (TPSA) is 81.4 Å². The van der Waals surface area contributed by atoms with E-state index in [1.807, 2.05) is 6.07 Å². The van der Waals surface area contributed by atoms with E-state index in [1.54, 1.807) is 24.3 Å². The first kappa shape index (κ1) is 12.7. The maximum Gasteiger partial charge on any atom is 0.315 e. The summed E-state index contributed by atoms with van der Waals surface area (Å²) in [5.74, 6) is -2.74. The molecule has 0 saturated heterocycles. The summed E-state index contributed by atoms with van der Waals surface area (Å²) in [4.78, 5) is 23.7. The SMILES string of the molecule is CC(C(=O)O)C(=O)N(C)c1ccc(C#N)cc1. The first-order valence-corrected chi connectivity index (χ1v) is 4.98. The number of carbonyl (C=O) groups excluding carboxylic acids is 1. The zero-order chi connectivity index (χ0) is 13.0. The molecule has 1 N–H and O–H groups in total. The lowest BCUT2D eigenvalue weighted by Crippen LogP contribution is -2.35. The molecule has 5 heteroatoms. The van der Waals surface area contributed by atoms with Gasteiger partial charge in [0.05, 0.1) is 11.6 Å². The van der Waals surface area contributed by atoms with Gasteiger partial charge in [-0.2, -0.15) is 5.26 Å². The first-order chi connectivity index (χ1) is 7.97. The fourth-order valence-corrected chi connectivity index (χ4v) is 1.28. The van der Waals surface area contributed by atoms with Crippen molar-refractivity contribution in [3.05, 3.63) is 29.8 Å². The second-order valence-electron chi connectivity index (χ2n) is 3.62. The van der Waals surface area contributed by atoms with Crippen LogP contribution in [0.1, 0.15) is 12.5 Å². The molecule has 0 heterocycles. The van der Waals surface area contributed by atoms with Gasteiger partial charge in [0.2, 0.25) is 5.91 Å². The number of carboxylic acid groups (broad SMARTS) is 1. The fourth-order valence-electron chi connectivity index (χ4n) is 1.28. The molecule has 88 valence electrons. The molecule has 0 bridgehead atoms. The maximum absolute atomic E-state index is 11.7. The molecular formula is C12H12N2O3. The number of benzene rings is 1. The van der Waals surface area contributed by atoms with Crippen molar-refractivity contribution in [3.63, 3.8) is 0 Å². The predicted octanol–water partition coefficient (Wildman–Crippen LogP) is 1.24. The Morgan fingerprint density at radius 2 is 1.88 bits per heavy atom. The van der Waals surface area contributed by atoms with Crippen LogP contribution in [0.4, 0.5) is 5.69 Å². The number of carbonyl (C=O) groups is 2. The summed E-state index contributed by atoms with van der Waals surface area (Å²) < 4.78 is 0. The minimum Gasteiger partial charge on any atom is -0.481 e. The van der Waals surface area contributed by atoms with Crippen LogP contribution in [0.25, 0.3) is 0 Å². The van der Waals surface area contributed by atoms with Crippen molar-refractivity contribution in [3.8, 4) is 6.07 Å². The number of amides is 1. The van der Waals surface area contributed by atoms with Crippen LogP contribution < -0.4 is 4.90 Å². The Kier molecular flexibility index (Phi) is 3.83. The molecule has 0 aliphatic heterocycles. The summed E-state index contributed by atoms with van der Waals surface area (Å²) in [6.07, 6.45) is 0. The van der Waals surface area contributed by atoms with Crippen LogP contribution in [-0.2, 0) is 9.59 Å². The summed E-state index contributed by atoms with van der Waals surface area (Å²) in [6, 6.07) is 8.32. The Bertz CT molecular complexity index is 474. The van der Waals surface area contributed by atoms with Crippen molar-refractivity contribution < 1.29 is 14.7 Å². The summed E-state index contributed by atoms with van der Waals surface area (Å²) in [5, 5.41) is 17.4. The number of aliphatic carboxylic acids is 1. The van der Waals surface area contributed by atoms with E-state index in [0.717, 1.165) is 0 Å². The van der Waals surface area contributed by atoms with Crippen molar-refractivity contribution >= 4 is 17.6 Å². The Labute approximate surface area is 98.9 Å². The fraction of sp³-hybridized carbons (Fsp3) is 0.250. The number of anilines is 1. The minimum atomic E-state index is -1.16. The van der Waals surface area contributed by atoms with Crippen LogP contribution in [-0.4, -0.2) is 24.0 Å². The van der Waals surface area contributed by atoms with E-state index in [1.165, 1.54) is 18.9 Å². The molecular weight excluding hydrogens is 220 g/mol. The number of nitriles is 1. The van der Waals surface area contributed by atoms with E-state index in [2.05, 4.69) is 0 Å². The molecule has 0 saturated carbocycles. The van der Waals surface area contributed by atoms with Crippen molar-refractivity contribution in [2.75, 3.05) is 11.9 Å². The summed E-state index contributed by atoms with van der Waals surface area (Å²) in [5.41, 5.74) is 1.04. The highest BCUT2D eigenvalue weighted by atomic mass is 16.4. The number of rotatable bonds is 3. The third-order valence-electron chi connectivity index (χ3n) is 2.46. The third kappa shape index (κ3) is 2.82. The van der Waals surface area contributed by atoms with Gasteiger partial charge in [-0.3, -0.25) is 9.59 Å². The Hall–Kier alpha value is -2.35. The van der Waals surface area contributed by atoms with E-state index in [0.29, 0.717) is 11.3 Å². The monoisotopic (exact) mass is 232 g/mol. The van der Waals surface area contributed by atoms with Crippen LogP contribution in [0, 0.1) is 17.2 Å². The second kappa shape index (κ2) is 5.12. The Balaban J connectivity index is 2.89. The van der Waals surface area contributed by atoms with Gasteiger partial charge in [0.15, 0.2) is 0 Å². The lowest BCUT2D eigenvalue weighted by Gasteiger charge is -2.19. The van der Waals surface area contributed by atoms with Crippen LogP contribution in [0.5, 0.6) is 0 Å². The van der Waals surface area contributed by atoms with Gasteiger partial charge in [-0.15, -0.1) is 0 Å². The summed E-state index contributed by atoms with van der Waals surface area (Å²) in [7, 11) is 1.50. The highest BCUT2D eigenvalue weighted by Gasteiger charge is 2.24. The molecule has 0 radical (unpaired) electrons. The minimum absolute atomic E-state index is 0.487. The summed E-state index contributed by atoms with van der Waals surface area (Å²) in [6.45, 7) is 1.34. The van der Waals surface area contributed by atoms with Crippen molar-refractivity contribution in [1.29, 1.82) is 5.26 Å². The number of carboxylic acids is 1. The quantitative estimate of drug-likeness (QED) is 0.795. The van der Waals surface area contributed by atoms with Gasteiger partial charge < -0.3 is 10.0 Å². The van der Waals surface area contributed by atoms with Gasteiger partial charge in [0.25, 0.3) is 0 Å². The van der Waals surface area contributed by atoms with E-state index in [9.17, 15) is 9.59 Å². The largest absolute Gasteiger partial charge is 0.481 e. The molecule has 1 rings (SSSR count). The zero-order valence-electron chi connectivity index (χ0n) is 9.54. The number of hydrogen-bond donors (Lipinski definition) is 1. The maximum atomic E-state index is 11.7. The normalized spacial score (nSPS) is 11.4. The molecule has 1 aromatic rings. The average molecular weight is 232 g/mol. The van der Waals surface area contributed by atoms with Crippen LogP contribution in [0.3, 0.4) is 0 Å². The molecule has 0 aliphatic carbocycles. The molecule has 5 nitrogen and oxygen atoms in total.